The van der Waals surface area contributed by atoms with Gasteiger partial charge in [0.15, 0.2) is 0 Å². The molecular formula is C24H18O2Te. The molecule has 0 atom stereocenters. The summed E-state index contributed by atoms with van der Waals surface area (Å²) in [6.45, 7) is 0. The number of phenolic OH excluding ortho intramolecular Hbond substituents is 2. The Morgan fingerprint density at radius 2 is 0.630 bits per heavy atom. The molecule has 0 aliphatic heterocycles. The molecule has 0 bridgehead atoms. The third-order valence-corrected chi connectivity index (χ3v) is 7.24. The van der Waals surface area contributed by atoms with E-state index in [2.05, 4.69) is 48.5 Å². The van der Waals surface area contributed by atoms with Crippen molar-refractivity contribution in [3.63, 3.8) is 0 Å². The molecule has 0 radical (unpaired) electrons. The molecule has 4 aromatic carbocycles. The second-order valence-corrected chi connectivity index (χ2v) is 9.52. The summed E-state index contributed by atoms with van der Waals surface area (Å²) in [6, 6.07) is 32.0. The van der Waals surface area contributed by atoms with Gasteiger partial charge >= 0.3 is 169 Å². The van der Waals surface area contributed by atoms with Crippen LogP contribution in [0.25, 0.3) is 22.3 Å². The molecule has 0 spiro atoms. The van der Waals surface area contributed by atoms with E-state index in [-0.39, 0.29) is 11.5 Å². The molecule has 0 unspecified atom stereocenters. The van der Waals surface area contributed by atoms with E-state index in [0.29, 0.717) is 0 Å². The predicted octanol–water partition coefficient (Wildman–Crippen LogP) is 4.09. The van der Waals surface area contributed by atoms with Crippen molar-refractivity contribution in [3.05, 3.63) is 97.1 Å². The third kappa shape index (κ3) is 4.34. The van der Waals surface area contributed by atoms with Crippen LogP contribution in [0.2, 0.25) is 0 Å². The Balaban J connectivity index is 1.47. The Kier molecular flexibility index (Phi) is 5.16. The van der Waals surface area contributed by atoms with E-state index >= 15 is 0 Å². The molecule has 132 valence electrons. The molecule has 4 rings (SSSR count). The molecule has 4 aromatic rings. The fraction of sp³-hybridized carbons (Fsp3) is 0. The van der Waals surface area contributed by atoms with Crippen molar-refractivity contribution < 1.29 is 10.2 Å². The van der Waals surface area contributed by atoms with Gasteiger partial charge in [-0.25, -0.2) is 0 Å². The first-order chi connectivity index (χ1) is 13.2. The van der Waals surface area contributed by atoms with Gasteiger partial charge in [-0.1, -0.05) is 0 Å². The molecular weight excluding hydrogens is 448 g/mol. The average Bonchev–Trinajstić information content (AvgIpc) is 2.71. The van der Waals surface area contributed by atoms with Crippen LogP contribution < -0.4 is 7.22 Å². The Hall–Kier alpha value is -2.73. The Morgan fingerprint density at radius 3 is 0.926 bits per heavy atom. The van der Waals surface area contributed by atoms with Gasteiger partial charge in [0.2, 0.25) is 0 Å². The third-order valence-electron chi connectivity index (χ3n) is 4.35. The second kappa shape index (κ2) is 7.88. The molecule has 0 amide bonds. The molecule has 3 heteroatoms. The first-order valence-corrected chi connectivity index (χ1v) is 11.0. The van der Waals surface area contributed by atoms with Crippen LogP contribution in [-0.4, -0.2) is 31.1 Å². The van der Waals surface area contributed by atoms with E-state index in [1.807, 2.05) is 24.3 Å². The number of benzene rings is 4. The molecule has 0 aliphatic carbocycles. The average molecular weight is 466 g/mol. The molecule has 0 fully saturated rings. The number of rotatable bonds is 4. The topological polar surface area (TPSA) is 40.5 Å². The van der Waals surface area contributed by atoms with Gasteiger partial charge in [-0.15, -0.1) is 0 Å². The van der Waals surface area contributed by atoms with Gasteiger partial charge in [0, 0.05) is 0 Å². The van der Waals surface area contributed by atoms with Crippen LogP contribution in [0, 0.1) is 0 Å². The number of hydrogen-bond donors (Lipinski definition) is 2. The molecule has 0 heterocycles. The summed E-state index contributed by atoms with van der Waals surface area (Å²) in [5.74, 6) is 0.580. The normalized spacial score (nSPS) is 10.7. The van der Waals surface area contributed by atoms with Crippen molar-refractivity contribution in [2.45, 2.75) is 0 Å². The van der Waals surface area contributed by atoms with Crippen molar-refractivity contribution in [1.82, 2.24) is 0 Å². The van der Waals surface area contributed by atoms with Gasteiger partial charge in [-0.05, 0) is 0 Å². The standard InChI is InChI=1S/C24H18O2Te/c25-21-9-1-17(2-10-21)19-5-13-23(14-6-19)27-24-15-7-20(8-16-24)18-3-11-22(26)12-4-18/h1-16,25-26H. The SMILES string of the molecule is Oc1ccc(-c2ccc([Te]c3ccc(-c4ccc(O)cc4)cc3)cc2)cc1. The van der Waals surface area contributed by atoms with Gasteiger partial charge < -0.3 is 0 Å². The van der Waals surface area contributed by atoms with Crippen molar-refractivity contribution in [2.24, 2.45) is 0 Å². The van der Waals surface area contributed by atoms with Crippen molar-refractivity contribution in [2.75, 3.05) is 0 Å². The monoisotopic (exact) mass is 468 g/mol. The molecule has 0 aromatic heterocycles. The Labute approximate surface area is 168 Å². The maximum atomic E-state index is 9.41. The Morgan fingerprint density at radius 1 is 0.370 bits per heavy atom. The van der Waals surface area contributed by atoms with E-state index < -0.39 is 20.9 Å². The first kappa shape index (κ1) is 17.7. The first-order valence-electron chi connectivity index (χ1n) is 8.64. The summed E-state index contributed by atoms with van der Waals surface area (Å²) in [5, 5.41) is 18.8. The molecule has 0 aliphatic rings. The quantitative estimate of drug-likeness (QED) is 0.446. The fourth-order valence-electron chi connectivity index (χ4n) is 2.87. The van der Waals surface area contributed by atoms with Gasteiger partial charge in [0.05, 0.1) is 0 Å². The fourth-order valence-corrected chi connectivity index (χ4v) is 5.21. The van der Waals surface area contributed by atoms with Gasteiger partial charge in [0.25, 0.3) is 0 Å². The van der Waals surface area contributed by atoms with Crippen molar-refractivity contribution >= 4 is 28.1 Å². The molecule has 2 N–H and O–H groups in total. The van der Waals surface area contributed by atoms with E-state index in [0.717, 1.165) is 22.3 Å². The molecule has 2 nitrogen and oxygen atoms in total. The minimum atomic E-state index is -0.429. The molecule has 0 saturated heterocycles. The zero-order valence-corrected chi connectivity index (χ0v) is 16.9. The summed E-state index contributed by atoms with van der Waals surface area (Å²) in [7, 11) is 0. The van der Waals surface area contributed by atoms with Crippen LogP contribution >= 0.6 is 0 Å². The van der Waals surface area contributed by atoms with Crippen LogP contribution in [0.1, 0.15) is 0 Å². The maximum absolute atomic E-state index is 9.41. The van der Waals surface area contributed by atoms with E-state index in [9.17, 15) is 10.2 Å². The summed E-state index contributed by atoms with van der Waals surface area (Å²) >= 11 is -0.429. The molecule has 27 heavy (non-hydrogen) atoms. The summed E-state index contributed by atoms with van der Waals surface area (Å²) in [6.07, 6.45) is 0. The zero-order chi connectivity index (χ0) is 18.6. The van der Waals surface area contributed by atoms with Crippen molar-refractivity contribution in [3.8, 4) is 33.8 Å². The van der Waals surface area contributed by atoms with E-state index in [1.54, 1.807) is 24.3 Å². The van der Waals surface area contributed by atoms with Gasteiger partial charge in [0.1, 0.15) is 0 Å². The Bertz CT molecular complexity index is 933. The van der Waals surface area contributed by atoms with Crippen LogP contribution in [0.3, 0.4) is 0 Å². The van der Waals surface area contributed by atoms with Crippen molar-refractivity contribution in [1.29, 1.82) is 0 Å². The summed E-state index contributed by atoms with van der Waals surface area (Å²) < 4.78 is 2.78. The van der Waals surface area contributed by atoms with E-state index in [4.69, 9.17) is 0 Å². The van der Waals surface area contributed by atoms with Gasteiger partial charge in [-0.3, -0.25) is 0 Å². The van der Waals surface area contributed by atoms with Crippen LogP contribution in [0.5, 0.6) is 11.5 Å². The predicted molar refractivity (Wildman–Crippen MR) is 112 cm³/mol. The van der Waals surface area contributed by atoms with Gasteiger partial charge in [-0.2, -0.15) is 0 Å². The van der Waals surface area contributed by atoms with Crippen LogP contribution in [0.4, 0.5) is 0 Å². The zero-order valence-electron chi connectivity index (χ0n) is 14.5. The number of phenols is 2. The minimum absolute atomic E-state index is 0.290. The van der Waals surface area contributed by atoms with Crippen LogP contribution in [0.15, 0.2) is 97.1 Å². The molecule has 0 saturated carbocycles. The van der Waals surface area contributed by atoms with E-state index in [1.165, 1.54) is 7.22 Å². The summed E-state index contributed by atoms with van der Waals surface area (Å²) in [5.41, 5.74) is 4.54. The number of aromatic hydroxyl groups is 2. The van der Waals surface area contributed by atoms with Crippen LogP contribution in [-0.2, 0) is 0 Å². The second-order valence-electron chi connectivity index (χ2n) is 6.24. The summed E-state index contributed by atoms with van der Waals surface area (Å²) in [4.78, 5) is 0. The number of hydrogen-bond acceptors (Lipinski definition) is 2.